The molecule has 0 spiro atoms. The maximum atomic E-state index is 2.16. The van der Waals surface area contributed by atoms with Crippen LogP contribution in [0.25, 0.3) is 0 Å². The number of thioether (sulfide) groups is 1. The summed E-state index contributed by atoms with van der Waals surface area (Å²) in [5, 5.41) is 2.16. The Hall–Kier alpha value is -0.950. The Morgan fingerprint density at radius 3 is 2.54 bits per heavy atom. The lowest BCUT2D eigenvalue weighted by atomic mass is 10.3. The highest BCUT2D eigenvalue weighted by molar-refractivity contribution is 8.02. The molecule has 0 aliphatic rings. The Morgan fingerprint density at radius 2 is 1.92 bits per heavy atom. The standard InChI is InChI=1S/C12H14S/c1-3-7-11(2)10-13-12-8-5-4-6-9-12/h3-10H,1-2H3/b7-3+,11-10-. The molecular weight excluding hydrogens is 176 g/mol. The van der Waals surface area contributed by atoms with Crippen LogP contribution in [-0.4, -0.2) is 0 Å². The molecule has 1 heteroatoms. The number of benzene rings is 1. The zero-order valence-electron chi connectivity index (χ0n) is 8.03. The quantitative estimate of drug-likeness (QED) is 0.507. The summed E-state index contributed by atoms with van der Waals surface area (Å²) in [6, 6.07) is 10.4. The zero-order chi connectivity index (χ0) is 9.52. The van der Waals surface area contributed by atoms with Crippen LogP contribution in [0.1, 0.15) is 13.8 Å². The van der Waals surface area contributed by atoms with E-state index in [2.05, 4.69) is 48.7 Å². The molecule has 0 bridgehead atoms. The van der Waals surface area contributed by atoms with Gasteiger partial charge >= 0.3 is 0 Å². The van der Waals surface area contributed by atoms with Gasteiger partial charge in [-0.1, -0.05) is 42.1 Å². The summed E-state index contributed by atoms with van der Waals surface area (Å²) in [6.07, 6.45) is 4.16. The molecule has 13 heavy (non-hydrogen) atoms. The average Bonchev–Trinajstić information content (AvgIpc) is 2.17. The van der Waals surface area contributed by atoms with Crippen molar-refractivity contribution in [2.45, 2.75) is 18.7 Å². The molecule has 0 amide bonds. The highest BCUT2D eigenvalue weighted by Gasteiger charge is 1.87. The Balaban J connectivity index is 2.56. The summed E-state index contributed by atoms with van der Waals surface area (Å²) < 4.78 is 0. The molecule has 0 fully saturated rings. The van der Waals surface area contributed by atoms with Gasteiger partial charge in [0.05, 0.1) is 0 Å². The molecule has 1 aromatic carbocycles. The minimum Gasteiger partial charge on any atom is -0.0978 e. The van der Waals surface area contributed by atoms with E-state index in [-0.39, 0.29) is 0 Å². The second-order valence-electron chi connectivity index (χ2n) is 2.79. The van der Waals surface area contributed by atoms with Gasteiger partial charge in [0.25, 0.3) is 0 Å². The van der Waals surface area contributed by atoms with E-state index in [0.717, 1.165) is 0 Å². The molecule has 1 rings (SSSR count). The van der Waals surface area contributed by atoms with Crippen LogP contribution in [0, 0.1) is 0 Å². The van der Waals surface area contributed by atoms with Gasteiger partial charge in [-0.25, -0.2) is 0 Å². The van der Waals surface area contributed by atoms with E-state index in [1.54, 1.807) is 11.8 Å². The van der Waals surface area contributed by atoms with E-state index in [9.17, 15) is 0 Å². The van der Waals surface area contributed by atoms with Gasteiger partial charge in [-0.3, -0.25) is 0 Å². The Labute approximate surface area is 84.4 Å². The van der Waals surface area contributed by atoms with E-state index in [1.165, 1.54) is 10.5 Å². The molecule has 1 aromatic rings. The van der Waals surface area contributed by atoms with Crippen molar-refractivity contribution in [1.82, 2.24) is 0 Å². The van der Waals surface area contributed by atoms with Gasteiger partial charge in [-0.05, 0) is 37.0 Å². The molecule has 0 atom stereocenters. The summed E-state index contributed by atoms with van der Waals surface area (Å²) in [5.41, 5.74) is 1.29. The molecule has 0 unspecified atom stereocenters. The molecule has 0 heterocycles. The smallest absolute Gasteiger partial charge is 0.0116 e. The van der Waals surface area contributed by atoms with Crippen LogP contribution in [0.15, 0.2) is 58.4 Å². The van der Waals surface area contributed by atoms with Crippen molar-refractivity contribution >= 4 is 11.8 Å². The molecule has 68 valence electrons. The second-order valence-corrected chi connectivity index (χ2v) is 3.74. The molecule has 0 aromatic heterocycles. The van der Waals surface area contributed by atoms with Crippen LogP contribution in [0.2, 0.25) is 0 Å². The summed E-state index contributed by atoms with van der Waals surface area (Å²) in [4.78, 5) is 1.28. The monoisotopic (exact) mass is 190 g/mol. The molecule has 0 aliphatic carbocycles. The van der Waals surface area contributed by atoms with Crippen LogP contribution in [-0.2, 0) is 0 Å². The first-order valence-corrected chi connectivity index (χ1v) is 5.22. The highest BCUT2D eigenvalue weighted by atomic mass is 32.2. The lowest BCUT2D eigenvalue weighted by Crippen LogP contribution is -1.67. The predicted octanol–water partition coefficient (Wildman–Crippen LogP) is 4.26. The van der Waals surface area contributed by atoms with E-state index in [1.807, 2.05) is 13.0 Å². The number of hydrogen-bond donors (Lipinski definition) is 0. The Kier molecular flexibility index (Phi) is 4.41. The van der Waals surface area contributed by atoms with E-state index >= 15 is 0 Å². The van der Waals surface area contributed by atoms with Gasteiger partial charge in [0.15, 0.2) is 0 Å². The summed E-state index contributed by atoms with van der Waals surface area (Å²) in [6.45, 7) is 4.14. The topological polar surface area (TPSA) is 0 Å². The number of hydrogen-bond acceptors (Lipinski definition) is 1. The number of rotatable bonds is 3. The first-order valence-electron chi connectivity index (χ1n) is 4.34. The predicted molar refractivity (Wildman–Crippen MR) is 60.9 cm³/mol. The maximum absolute atomic E-state index is 2.16. The molecular formula is C12H14S. The molecule has 0 radical (unpaired) electrons. The van der Waals surface area contributed by atoms with Crippen molar-refractivity contribution in [2.75, 3.05) is 0 Å². The number of allylic oxidation sites excluding steroid dienone is 3. The third-order valence-corrected chi connectivity index (χ3v) is 2.59. The van der Waals surface area contributed by atoms with Gasteiger partial charge in [0.2, 0.25) is 0 Å². The van der Waals surface area contributed by atoms with Crippen molar-refractivity contribution in [1.29, 1.82) is 0 Å². The van der Waals surface area contributed by atoms with Crippen LogP contribution < -0.4 is 0 Å². The van der Waals surface area contributed by atoms with E-state index in [0.29, 0.717) is 0 Å². The third kappa shape index (κ3) is 4.00. The average molecular weight is 190 g/mol. The van der Waals surface area contributed by atoms with E-state index in [4.69, 9.17) is 0 Å². The van der Waals surface area contributed by atoms with E-state index < -0.39 is 0 Å². The SMILES string of the molecule is C/C=C/C(C)=C\Sc1ccccc1. The van der Waals surface area contributed by atoms with Crippen molar-refractivity contribution in [3.63, 3.8) is 0 Å². The van der Waals surface area contributed by atoms with Gasteiger partial charge in [0, 0.05) is 4.90 Å². The molecule has 0 N–H and O–H groups in total. The lowest BCUT2D eigenvalue weighted by Gasteiger charge is -1.95. The van der Waals surface area contributed by atoms with Gasteiger partial charge in [0.1, 0.15) is 0 Å². The Bertz CT molecular complexity index is 296. The summed E-state index contributed by atoms with van der Waals surface area (Å²) in [7, 11) is 0. The zero-order valence-corrected chi connectivity index (χ0v) is 8.84. The summed E-state index contributed by atoms with van der Waals surface area (Å²) >= 11 is 1.76. The minimum absolute atomic E-state index is 1.28. The summed E-state index contributed by atoms with van der Waals surface area (Å²) in [5.74, 6) is 0. The first-order chi connectivity index (χ1) is 6.33. The van der Waals surface area contributed by atoms with Gasteiger partial charge < -0.3 is 0 Å². The van der Waals surface area contributed by atoms with Gasteiger partial charge in [-0.2, -0.15) is 0 Å². The molecule has 0 nitrogen and oxygen atoms in total. The van der Waals surface area contributed by atoms with Crippen LogP contribution in [0.5, 0.6) is 0 Å². The fourth-order valence-corrected chi connectivity index (χ4v) is 1.68. The van der Waals surface area contributed by atoms with Crippen LogP contribution in [0.4, 0.5) is 0 Å². The third-order valence-electron chi connectivity index (χ3n) is 1.55. The maximum Gasteiger partial charge on any atom is 0.0116 e. The Morgan fingerprint density at radius 1 is 1.23 bits per heavy atom. The minimum atomic E-state index is 1.28. The van der Waals surface area contributed by atoms with Gasteiger partial charge in [-0.15, -0.1) is 0 Å². The lowest BCUT2D eigenvalue weighted by molar-refractivity contribution is 1.47. The van der Waals surface area contributed by atoms with Crippen LogP contribution >= 0.6 is 11.8 Å². The molecule has 0 saturated heterocycles. The van der Waals surface area contributed by atoms with Crippen molar-refractivity contribution in [2.24, 2.45) is 0 Å². The fourth-order valence-electron chi connectivity index (χ4n) is 0.962. The van der Waals surface area contributed by atoms with Crippen molar-refractivity contribution in [3.8, 4) is 0 Å². The molecule has 0 aliphatic heterocycles. The second kappa shape index (κ2) is 5.65. The first kappa shape index (κ1) is 10.1. The molecule has 0 saturated carbocycles. The fraction of sp³-hybridized carbons (Fsp3) is 0.167. The largest absolute Gasteiger partial charge is 0.0978 e. The van der Waals surface area contributed by atoms with Crippen molar-refractivity contribution in [3.05, 3.63) is 53.5 Å². The normalized spacial score (nSPS) is 12.3. The van der Waals surface area contributed by atoms with Crippen LogP contribution in [0.3, 0.4) is 0 Å². The van der Waals surface area contributed by atoms with Crippen molar-refractivity contribution < 1.29 is 0 Å². The highest BCUT2D eigenvalue weighted by Crippen LogP contribution is 2.19.